The Bertz CT molecular complexity index is 464. The van der Waals surface area contributed by atoms with Crippen molar-refractivity contribution in [1.82, 2.24) is 15.1 Å². The molecule has 5 nitrogen and oxygen atoms in total. The molecule has 2 rings (SSSR count). The van der Waals surface area contributed by atoms with Crippen LogP contribution in [0.25, 0.3) is 0 Å². The first-order valence-corrected chi connectivity index (χ1v) is 8.00. The van der Waals surface area contributed by atoms with E-state index < -0.39 is 0 Å². The van der Waals surface area contributed by atoms with Crippen LogP contribution in [0.2, 0.25) is 0 Å². The zero-order valence-corrected chi connectivity index (χ0v) is 13.9. The number of hydrogen-bond acceptors (Lipinski definition) is 4. The third-order valence-corrected chi connectivity index (χ3v) is 3.91. The highest BCUT2D eigenvalue weighted by Crippen LogP contribution is 2.17. The number of piperazine rings is 1. The number of nitrogens with one attached hydrogen (secondary N) is 1. The Balaban J connectivity index is 1.67. The lowest BCUT2D eigenvalue weighted by Crippen LogP contribution is -2.49. The molecule has 1 fully saturated rings. The molecule has 0 atom stereocenters. The molecule has 0 unspecified atom stereocenters. The molecule has 1 heterocycles. The molecular weight excluding hydrogens is 334 g/mol. The minimum absolute atomic E-state index is 0.196. The number of carbonyl (C=O) groups is 1. The van der Waals surface area contributed by atoms with Gasteiger partial charge in [-0.3, -0.25) is 9.69 Å². The maximum atomic E-state index is 12.1. The molecule has 1 amide bonds. The molecule has 1 aliphatic heterocycles. The average molecular weight is 356 g/mol. The van der Waals surface area contributed by atoms with Gasteiger partial charge in [0.15, 0.2) is 0 Å². The van der Waals surface area contributed by atoms with E-state index >= 15 is 0 Å². The van der Waals surface area contributed by atoms with Gasteiger partial charge in [0.1, 0.15) is 12.4 Å². The fourth-order valence-electron chi connectivity index (χ4n) is 2.20. The van der Waals surface area contributed by atoms with Crippen molar-refractivity contribution in [2.45, 2.75) is 0 Å². The van der Waals surface area contributed by atoms with E-state index in [0.717, 1.165) is 42.9 Å². The molecule has 116 valence electrons. The van der Waals surface area contributed by atoms with Crippen LogP contribution in [-0.2, 0) is 4.79 Å². The molecule has 1 saturated heterocycles. The van der Waals surface area contributed by atoms with E-state index in [1.807, 2.05) is 41.1 Å². The van der Waals surface area contributed by atoms with Gasteiger partial charge in [-0.2, -0.15) is 0 Å². The van der Waals surface area contributed by atoms with Crippen LogP contribution < -0.4 is 10.1 Å². The number of rotatable bonds is 6. The Morgan fingerprint density at radius 2 is 2.19 bits per heavy atom. The molecule has 0 spiro atoms. The third-order valence-electron chi connectivity index (χ3n) is 3.41. The quantitative estimate of drug-likeness (QED) is 0.832. The Hall–Kier alpha value is -1.11. The van der Waals surface area contributed by atoms with Crippen LogP contribution in [0.3, 0.4) is 0 Å². The Labute approximate surface area is 134 Å². The second-order valence-electron chi connectivity index (χ2n) is 5.17. The standard InChI is InChI=1S/C15H22BrN3O2/c1-18(12-15(20)19-7-5-17-6-8-19)9-10-21-14-4-2-3-13(16)11-14/h2-4,11,17H,5-10,12H2,1H3. The average Bonchev–Trinajstić information content (AvgIpc) is 2.48. The fourth-order valence-corrected chi connectivity index (χ4v) is 2.58. The minimum Gasteiger partial charge on any atom is -0.492 e. The summed E-state index contributed by atoms with van der Waals surface area (Å²) in [4.78, 5) is 16.0. The maximum absolute atomic E-state index is 12.1. The first kappa shape index (κ1) is 16.3. The van der Waals surface area contributed by atoms with E-state index in [1.54, 1.807) is 0 Å². The van der Waals surface area contributed by atoms with Gasteiger partial charge in [0, 0.05) is 37.2 Å². The summed E-state index contributed by atoms with van der Waals surface area (Å²) in [5.74, 6) is 1.03. The Morgan fingerprint density at radius 3 is 2.90 bits per heavy atom. The first-order valence-electron chi connectivity index (χ1n) is 7.20. The van der Waals surface area contributed by atoms with Crippen molar-refractivity contribution in [3.05, 3.63) is 28.7 Å². The summed E-state index contributed by atoms with van der Waals surface area (Å²) in [6.07, 6.45) is 0. The van der Waals surface area contributed by atoms with Crippen molar-refractivity contribution in [2.75, 3.05) is 52.9 Å². The SMILES string of the molecule is CN(CCOc1cccc(Br)c1)CC(=O)N1CCNCC1. The number of hydrogen-bond donors (Lipinski definition) is 1. The number of benzene rings is 1. The first-order chi connectivity index (χ1) is 10.1. The number of carbonyl (C=O) groups excluding carboxylic acids is 1. The number of nitrogens with zero attached hydrogens (tertiary/aromatic N) is 2. The molecule has 0 radical (unpaired) electrons. The summed E-state index contributed by atoms with van der Waals surface area (Å²) in [5, 5.41) is 3.25. The largest absolute Gasteiger partial charge is 0.492 e. The molecule has 1 aliphatic rings. The van der Waals surface area contributed by atoms with Gasteiger partial charge in [-0.15, -0.1) is 0 Å². The van der Waals surface area contributed by atoms with E-state index in [4.69, 9.17) is 4.74 Å². The summed E-state index contributed by atoms with van der Waals surface area (Å²) in [6.45, 7) is 5.14. The molecule has 0 bridgehead atoms. The van der Waals surface area contributed by atoms with Gasteiger partial charge in [-0.25, -0.2) is 0 Å². The molecular formula is C15H22BrN3O2. The Kier molecular flexibility index (Phi) is 6.48. The molecule has 1 aromatic carbocycles. The highest BCUT2D eigenvalue weighted by molar-refractivity contribution is 9.10. The molecule has 6 heteroatoms. The number of ether oxygens (including phenoxy) is 1. The van der Waals surface area contributed by atoms with Crippen molar-refractivity contribution in [2.24, 2.45) is 0 Å². The summed E-state index contributed by atoms with van der Waals surface area (Å²) in [6, 6.07) is 7.77. The Morgan fingerprint density at radius 1 is 1.43 bits per heavy atom. The number of likely N-dealkylation sites (N-methyl/N-ethyl adjacent to an activating group) is 1. The van der Waals surface area contributed by atoms with Gasteiger partial charge in [0.05, 0.1) is 6.54 Å². The lowest BCUT2D eigenvalue weighted by molar-refractivity contribution is -0.132. The summed E-state index contributed by atoms with van der Waals surface area (Å²) >= 11 is 3.41. The summed E-state index contributed by atoms with van der Waals surface area (Å²) in [7, 11) is 1.95. The van der Waals surface area contributed by atoms with Gasteiger partial charge in [0.2, 0.25) is 5.91 Å². The van der Waals surface area contributed by atoms with E-state index in [2.05, 4.69) is 21.2 Å². The highest BCUT2D eigenvalue weighted by atomic mass is 79.9. The van der Waals surface area contributed by atoms with Gasteiger partial charge >= 0.3 is 0 Å². The van der Waals surface area contributed by atoms with Crippen LogP contribution in [0.15, 0.2) is 28.7 Å². The molecule has 1 aromatic rings. The fraction of sp³-hybridized carbons (Fsp3) is 0.533. The van der Waals surface area contributed by atoms with Gasteiger partial charge in [-0.05, 0) is 25.2 Å². The van der Waals surface area contributed by atoms with Crippen LogP contribution in [0.1, 0.15) is 0 Å². The highest BCUT2D eigenvalue weighted by Gasteiger charge is 2.17. The molecule has 1 N–H and O–H groups in total. The van der Waals surface area contributed by atoms with Gasteiger partial charge in [0.25, 0.3) is 0 Å². The van der Waals surface area contributed by atoms with Crippen LogP contribution in [0.5, 0.6) is 5.75 Å². The monoisotopic (exact) mass is 355 g/mol. The second kappa shape index (κ2) is 8.36. The third kappa shape index (κ3) is 5.65. The normalized spacial score (nSPS) is 15.3. The van der Waals surface area contributed by atoms with Gasteiger partial charge < -0.3 is 15.0 Å². The lowest BCUT2D eigenvalue weighted by Gasteiger charge is -2.29. The van der Waals surface area contributed by atoms with Crippen molar-refractivity contribution in [1.29, 1.82) is 0 Å². The predicted molar refractivity (Wildman–Crippen MR) is 86.6 cm³/mol. The van der Waals surface area contributed by atoms with Crippen LogP contribution in [0.4, 0.5) is 0 Å². The molecule has 0 aromatic heterocycles. The smallest absolute Gasteiger partial charge is 0.236 e. The van der Waals surface area contributed by atoms with E-state index in [1.165, 1.54) is 0 Å². The number of amides is 1. The van der Waals surface area contributed by atoms with Crippen molar-refractivity contribution >= 4 is 21.8 Å². The van der Waals surface area contributed by atoms with Crippen molar-refractivity contribution < 1.29 is 9.53 Å². The number of halogens is 1. The molecule has 21 heavy (non-hydrogen) atoms. The topological polar surface area (TPSA) is 44.8 Å². The second-order valence-corrected chi connectivity index (χ2v) is 6.09. The summed E-state index contributed by atoms with van der Waals surface area (Å²) in [5.41, 5.74) is 0. The molecule has 0 aliphatic carbocycles. The van der Waals surface area contributed by atoms with Crippen LogP contribution in [-0.4, -0.2) is 68.6 Å². The van der Waals surface area contributed by atoms with Crippen LogP contribution >= 0.6 is 15.9 Å². The predicted octanol–water partition coefficient (Wildman–Crippen LogP) is 1.19. The maximum Gasteiger partial charge on any atom is 0.236 e. The van der Waals surface area contributed by atoms with Crippen LogP contribution in [0, 0.1) is 0 Å². The zero-order valence-electron chi connectivity index (χ0n) is 12.3. The lowest BCUT2D eigenvalue weighted by atomic mass is 10.3. The van der Waals surface area contributed by atoms with Crippen molar-refractivity contribution in [3.8, 4) is 5.75 Å². The van der Waals surface area contributed by atoms with E-state index in [0.29, 0.717) is 13.2 Å². The van der Waals surface area contributed by atoms with Crippen molar-refractivity contribution in [3.63, 3.8) is 0 Å². The minimum atomic E-state index is 0.196. The van der Waals surface area contributed by atoms with E-state index in [9.17, 15) is 4.79 Å². The van der Waals surface area contributed by atoms with Gasteiger partial charge in [-0.1, -0.05) is 22.0 Å². The zero-order chi connectivity index (χ0) is 15.1. The molecule has 0 saturated carbocycles. The summed E-state index contributed by atoms with van der Waals surface area (Å²) < 4.78 is 6.68. The van der Waals surface area contributed by atoms with E-state index in [-0.39, 0.29) is 5.91 Å².